The van der Waals surface area contributed by atoms with Crippen LogP contribution >= 0.6 is 29.1 Å². The summed E-state index contributed by atoms with van der Waals surface area (Å²) in [6.45, 7) is 40.1. The van der Waals surface area contributed by atoms with Crippen LogP contribution in [0.15, 0.2) is 95.9 Å². The van der Waals surface area contributed by atoms with Gasteiger partial charge in [-0.05, 0) is 128 Å². The summed E-state index contributed by atoms with van der Waals surface area (Å²) in [4.78, 5) is 9.86. The van der Waals surface area contributed by atoms with Crippen LogP contribution in [0, 0.1) is 103 Å². The van der Waals surface area contributed by atoms with Crippen molar-refractivity contribution < 1.29 is 72.9 Å². The van der Waals surface area contributed by atoms with Gasteiger partial charge in [-0.1, -0.05) is 70.8 Å². The molecule has 483 valence electrons. The second kappa shape index (κ2) is 36.8. The fourth-order valence-corrected chi connectivity index (χ4v) is 14.8. The minimum atomic E-state index is -3.36. The van der Waals surface area contributed by atoms with Crippen molar-refractivity contribution in [2.75, 3.05) is 58.7 Å². The zero-order chi connectivity index (χ0) is 65.6. The number of rotatable bonds is 13. The van der Waals surface area contributed by atoms with Gasteiger partial charge in [0.25, 0.3) is 0 Å². The second-order valence-corrected chi connectivity index (χ2v) is 31.7. The average Bonchev–Trinajstić information content (AvgIpc) is 2.98. The Morgan fingerprint density at radius 1 is 0.575 bits per heavy atom. The van der Waals surface area contributed by atoms with Crippen LogP contribution in [0.25, 0.3) is 0 Å². The van der Waals surface area contributed by atoms with Crippen LogP contribution in [0.1, 0.15) is 106 Å². The van der Waals surface area contributed by atoms with Gasteiger partial charge in [0.15, 0.2) is 6.68 Å². The molecule has 0 bridgehead atoms. The van der Waals surface area contributed by atoms with Crippen LogP contribution in [0.2, 0.25) is 0 Å². The molecule has 0 saturated carbocycles. The van der Waals surface area contributed by atoms with E-state index in [0.717, 1.165) is 37.5 Å². The van der Waals surface area contributed by atoms with E-state index in [2.05, 4.69) is 204 Å². The first kappa shape index (κ1) is 76.5. The van der Waals surface area contributed by atoms with Crippen molar-refractivity contribution in [1.29, 1.82) is 0 Å². The van der Waals surface area contributed by atoms with Gasteiger partial charge in [-0.2, -0.15) is 13.3 Å². The number of aliphatic hydroxyl groups is 2. The smallest absolute Gasteiger partial charge is 0.425 e. The summed E-state index contributed by atoms with van der Waals surface area (Å²) in [7, 11) is 12.7. The van der Waals surface area contributed by atoms with Crippen LogP contribution in [0.3, 0.4) is 0 Å². The van der Waals surface area contributed by atoms with Gasteiger partial charge in [0.1, 0.15) is 0 Å². The van der Waals surface area contributed by atoms with E-state index in [1.165, 1.54) is 89.5 Å². The summed E-state index contributed by atoms with van der Waals surface area (Å²) in [5.74, 6) is 1.65. The van der Waals surface area contributed by atoms with Crippen LogP contribution in [-0.4, -0.2) is 91.0 Å². The number of ether oxygens (including phenoxy) is 2. The third-order valence-corrected chi connectivity index (χ3v) is 17.8. The Hall–Kier alpha value is -4.70. The number of halogens is 6. The number of nitrogens with zero attached hydrogens (tertiary/aromatic N) is 4. The van der Waals surface area contributed by atoms with Crippen molar-refractivity contribution in [2.45, 2.75) is 128 Å². The minimum Gasteiger partial charge on any atom is -0.502 e. The molecule has 0 amide bonds. The van der Waals surface area contributed by atoms with E-state index in [-0.39, 0.29) is 32.6 Å². The normalized spacial score (nSPS) is 13.1. The molecule has 6 aromatic carbocycles. The van der Waals surface area contributed by atoms with Gasteiger partial charge in [0.2, 0.25) is 0 Å². The van der Waals surface area contributed by atoms with Crippen molar-refractivity contribution in [3.63, 3.8) is 0 Å². The zero-order valence-corrected chi connectivity index (χ0v) is 60.1. The maximum Gasteiger partial charge on any atom is 0.425 e. The molecule has 87 heavy (non-hydrogen) atoms. The van der Waals surface area contributed by atoms with Gasteiger partial charge in [-0.25, -0.2) is 0 Å². The Morgan fingerprint density at radius 2 is 0.874 bits per heavy atom. The van der Waals surface area contributed by atoms with Gasteiger partial charge >= 0.3 is 234 Å². The number of aryl methyl sites for hydroxylation is 12. The number of nitrogens with one attached hydrogen (secondary N) is 1. The summed E-state index contributed by atoms with van der Waals surface area (Å²) in [5, 5.41) is 2.65. The number of aromatic hydroxyl groups is 2. The Balaban J connectivity index is 0.000000295. The Kier molecular flexibility index (Phi) is 32.4. The van der Waals surface area contributed by atoms with Gasteiger partial charge in [-0.3, -0.25) is 0 Å². The van der Waals surface area contributed by atoms with E-state index in [1.54, 1.807) is 29.9 Å². The van der Waals surface area contributed by atoms with Crippen molar-refractivity contribution in [3.05, 3.63) is 189 Å². The first-order chi connectivity index (χ1) is 40.7. The minimum absolute atomic E-state index is 0.105. The van der Waals surface area contributed by atoms with Crippen molar-refractivity contribution >= 4 is 81.5 Å². The van der Waals surface area contributed by atoms with Crippen LogP contribution in [0.5, 0.6) is 11.5 Å². The van der Waals surface area contributed by atoms with E-state index in [1.807, 2.05) is 32.0 Å². The largest absolute Gasteiger partial charge is 0.502 e. The van der Waals surface area contributed by atoms with Gasteiger partial charge in [0, 0.05) is 48.9 Å². The number of anilines is 4. The number of hydrogen-bond donors (Lipinski definition) is 1. The molecule has 0 spiro atoms. The predicted octanol–water partition coefficient (Wildman–Crippen LogP) is 15.4. The molecular formula is C65H85Cl3F3N5O7Ru2S2-. The molecule has 8 rings (SSSR count). The third-order valence-electron chi connectivity index (χ3n) is 13.2. The van der Waals surface area contributed by atoms with Crippen LogP contribution in [0.4, 0.5) is 35.9 Å². The molecule has 0 unspecified atom stereocenters. The van der Waals surface area contributed by atoms with Crippen LogP contribution in [-0.2, 0) is 49.6 Å². The molecule has 2 aliphatic rings. The Labute approximate surface area is 542 Å². The van der Waals surface area contributed by atoms with Gasteiger partial charge in [-0.15, -0.1) is 12.6 Å². The molecule has 3 N–H and O–H groups in total. The average molecular weight is 1480 g/mol. The standard InChI is InChI=1S/2C21H27N2.C12H17NO3S.C10H12O.CF3.3ClH.O3S.2Ru/c2*1-14-9-16(3)20(17(4)10-14)22-7-8-23(13-22)21-18(5)11-15(2)12-19(21)6;1-9(2)16-12-6-5-11(7-10(12)3)17(14,15)8-13-4;1-8(2)11-10-7-5-4-6-9(10)3;2-1(3)4;;;;1-4(2)3;;/h2*9-13H,7-8H2,1-6H3;3,5-7,9,13H,8H2,1-2,4H3;3-8H,1-2H3;;3*1H;;;/q2*-1;;;-1;;;;;+1;+2/p-1. The Morgan fingerprint density at radius 3 is 1.15 bits per heavy atom. The summed E-state index contributed by atoms with van der Waals surface area (Å²) in [5.41, 5.74) is 23.5. The summed E-state index contributed by atoms with van der Waals surface area (Å²) in [6, 6.07) is 31.2. The molecule has 2 aliphatic heterocycles. The van der Waals surface area contributed by atoms with E-state index < -0.39 is 40.6 Å². The molecular weight excluding hydrogens is 1390 g/mol. The quantitative estimate of drug-likeness (QED) is 0.0676. The first-order valence-electron chi connectivity index (χ1n) is 27.8. The molecule has 0 atom stereocenters. The third kappa shape index (κ3) is 25.2. The maximum atomic E-state index is 12.0. The summed E-state index contributed by atoms with van der Waals surface area (Å²) < 4.78 is 90.9. The van der Waals surface area contributed by atoms with Gasteiger partial charge < -0.3 is 32.8 Å². The molecule has 0 aliphatic carbocycles. The van der Waals surface area contributed by atoms with E-state index >= 15 is 0 Å². The molecule has 0 aromatic heterocycles. The second-order valence-electron chi connectivity index (χ2n) is 21.7. The number of sulfone groups is 1. The first-order valence-corrected chi connectivity index (χ1v) is 39.2. The number of benzene rings is 6. The van der Waals surface area contributed by atoms with E-state index in [4.69, 9.17) is 41.7 Å². The van der Waals surface area contributed by atoms with Crippen molar-refractivity contribution in [3.8, 4) is 11.5 Å². The topological polar surface area (TPSA) is 136 Å². The summed E-state index contributed by atoms with van der Waals surface area (Å²) >= 11 is -2.22. The molecule has 12 nitrogen and oxygen atoms in total. The van der Waals surface area contributed by atoms with E-state index in [9.17, 15) is 21.6 Å². The molecule has 2 fully saturated rings. The van der Waals surface area contributed by atoms with E-state index in [0.29, 0.717) is 17.4 Å². The van der Waals surface area contributed by atoms with Crippen molar-refractivity contribution in [2.24, 2.45) is 0 Å². The fraction of sp³-hybridized carbons (Fsp3) is 0.369. The zero-order valence-electron chi connectivity index (χ0n) is 52.7. The number of para-hydroxylation sites is 1. The monoisotopic (exact) mass is 1480 g/mol. The van der Waals surface area contributed by atoms with Crippen molar-refractivity contribution in [1.82, 2.24) is 5.32 Å². The molecule has 2 saturated heterocycles. The maximum absolute atomic E-state index is 12.0. The fourth-order valence-electron chi connectivity index (χ4n) is 10.7. The molecule has 22 heteroatoms. The summed E-state index contributed by atoms with van der Waals surface area (Å²) in [6.07, 6.45) is 0.439. The molecule has 6 aromatic rings. The Bertz CT molecular complexity index is 3200. The van der Waals surface area contributed by atoms with Crippen LogP contribution < -0.4 is 24.9 Å². The predicted molar refractivity (Wildman–Crippen MR) is 352 cm³/mol. The number of hydrogen-bond acceptors (Lipinski definition) is 10. The SMILES string of the molecule is CC(C)[OH+]c1ccccc1[CH]=[Ru][Cl].CNCS(=O)(=O)c1ccc([OH+]C(C)C)c([CH]=[Ru]([Cl])[Cl])c1.Cc1cc(C)c(N2[CH-]N(c3c(C)cc(C)cc3C)CC2)c(C)c1.Cc1cc(C)c(N2[CH-]N(c3c(C)cc(C)cc3C)CC2)c(C)c1.F[C-](F)F.O=S(=O)=O. The molecule has 2 heterocycles. The molecule has 0 radical (unpaired) electrons. The van der Waals surface area contributed by atoms with Gasteiger partial charge in [0.05, 0.1) is 0 Å².